The van der Waals surface area contributed by atoms with E-state index in [0.717, 1.165) is 0 Å². The van der Waals surface area contributed by atoms with Crippen molar-refractivity contribution in [2.75, 3.05) is 13.7 Å². The average Bonchev–Trinajstić information content (AvgIpc) is 3.41. The molecule has 35 heavy (non-hydrogen) atoms. The smallest absolute Gasteiger partial charge is 0.311 e. The lowest BCUT2D eigenvalue weighted by molar-refractivity contribution is -0.146. The number of nitrogens with one attached hydrogen (secondary N) is 1. The summed E-state index contributed by atoms with van der Waals surface area (Å²) in [6.07, 6.45) is 8.17. The Hall–Kier alpha value is -3.42. The highest BCUT2D eigenvalue weighted by Gasteiger charge is 2.41. The van der Waals surface area contributed by atoms with E-state index in [1.165, 1.54) is 45.3 Å². The van der Waals surface area contributed by atoms with E-state index in [2.05, 4.69) is 10.3 Å². The lowest BCUT2D eigenvalue weighted by atomic mass is 9.90. The Kier molecular flexibility index (Phi) is 6.45. The first-order valence-corrected chi connectivity index (χ1v) is 12.2. The molecule has 0 spiro atoms. The third-order valence-electron chi connectivity index (χ3n) is 7.29. The van der Waals surface area contributed by atoms with Crippen molar-refractivity contribution in [3.8, 4) is 5.75 Å². The van der Waals surface area contributed by atoms with E-state index in [1.54, 1.807) is 29.7 Å². The van der Waals surface area contributed by atoms with Gasteiger partial charge in [0.25, 0.3) is 5.91 Å². The second kappa shape index (κ2) is 9.68. The van der Waals surface area contributed by atoms with Crippen LogP contribution in [0.25, 0.3) is 5.65 Å². The van der Waals surface area contributed by atoms with Crippen molar-refractivity contribution in [3.63, 3.8) is 0 Å². The molecule has 1 N–H and O–H groups in total. The van der Waals surface area contributed by atoms with E-state index in [4.69, 9.17) is 9.47 Å². The van der Waals surface area contributed by atoms with Gasteiger partial charge in [-0.05, 0) is 55.9 Å². The van der Waals surface area contributed by atoms with Crippen LogP contribution in [0, 0.1) is 24.6 Å². The van der Waals surface area contributed by atoms with E-state index in [-0.39, 0.29) is 0 Å². The zero-order valence-electron chi connectivity index (χ0n) is 20.1. The van der Waals surface area contributed by atoms with Gasteiger partial charge in [0.2, 0.25) is 0 Å². The normalized spacial score (nSPS) is 20.0. The molecule has 2 aliphatic rings. The zero-order valence-corrected chi connectivity index (χ0v) is 20.1. The molecule has 3 aromatic rings. The van der Waals surface area contributed by atoms with Crippen LogP contribution >= 0.6 is 0 Å². The number of fused-ring (bicyclic) bond motifs is 2. The highest BCUT2D eigenvalue weighted by molar-refractivity contribution is 5.95. The summed E-state index contributed by atoms with van der Waals surface area (Å²) < 4.78 is 27.5. The number of carbonyl (C=O) groups is 2. The molecule has 184 valence electrons. The van der Waals surface area contributed by atoms with E-state index in [9.17, 15) is 14.0 Å². The summed E-state index contributed by atoms with van der Waals surface area (Å²) in [5, 5.41) is 2.90. The van der Waals surface area contributed by atoms with Gasteiger partial charge in [0.05, 0.1) is 31.4 Å². The van der Waals surface area contributed by atoms with Crippen molar-refractivity contribution < 1.29 is 23.5 Å². The summed E-state index contributed by atoms with van der Waals surface area (Å²) in [5.74, 6) is -0.911. The number of nitrogens with zero attached hydrogens (tertiary/aromatic N) is 2. The summed E-state index contributed by atoms with van der Waals surface area (Å²) in [6.45, 7) is 2.39. The van der Waals surface area contributed by atoms with Crippen molar-refractivity contribution >= 4 is 17.5 Å². The van der Waals surface area contributed by atoms with Gasteiger partial charge in [-0.1, -0.05) is 31.4 Å². The van der Waals surface area contributed by atoms with E-state index < -0.39 is 29.7 Å². The molecule has 1 amide bonds. The second-order valence-corrected chi connectivity index (χ2v) is 9.52. The maximum absolute atomic E-state index is 14.8. The number of methoxy groups -OCH3 is 1. The molecule has 7 nitrogen and oxygen atoms in total. The lowest BCUT2D eigenvalue weighted by Gasteiger charge is -2.22. The number of benzene rings is 1. The molecule has 1 aromatic carbocycles. The Morgan fingerprint density at radius 1 is 1.17 bits per heavy atom. The number of hydrogen-bond acceptors (Lipinski definition) is 5. The minimum atomic E-state index is -0.832. The number of halogens is 1. The van der Waals surface area contributed by atoms with Crippen LogP contribution in [0.15, 0.2) is 36.5 Å². The highest BCUT2D eigenvalue weighted by Crippen LogP contribution is 2.39. The number of esters is 1. The van der Waals surface area contributed by atoms with Crippen LogP contribution in [0.3, 0.4) is 0 Å². The van der Waals surface area contributed by atoms with E-state index in [1.807, 2.05) is 12.1 Å². The van der Waals surface area contributed by atoms with Crippen LogP contribution in [0.1, 0.15) is 65.5 Å². The molecule has 5 rings (SSSR count). The van der Waals surface area contributed by atoms with Gasteiger partial charge in [-0.3, -0.25) is 14.0 Å². The summed E-state index contributed by atoms with van der Waals surface area (Å²) in [6, 6.07) is 7.58. The molecule has 2 heterocycles. The molecule has 2 aliphatic carbocycles. The molecule has 0 radical (unpaired) electrons. The lowest BCUT2D eigenvalue weighted by Crippen LogP contribution is -2.36. The Morgan fingerprint density at radius 3 is 2.74 bits per heavy atom. The van der Waals surface area contributed by atoms with Crippen LogP contribution in [-0.2, 0) is 16.0 Å². The number of hydrogen-bond donors (Lipinski definition) is 1. The molecule has 2 atom stereocenters. The molecular weight excluding hydrogens is 449 g/mol. The van der Waals surface area contributed by atoms with E-state index in [0.29, 0.717) is 52.9 Å². The molecule has 0 aliphatic heterocycles. The average molecular weight is 480 g/mol. The fraction of sp³-hybridized carbons (Fsp3) is 0.444. The third kappa shape index (κ3) is 4.37. The topological polar surface area (TPSA) is 81.9 Å². The number of carbonyl (C=O) groups excluding carboxylic acids is 2. The minimum Gasteiger partial charge on any atom is -0.489 e. The minimum absolute atomic E-state index is 0.302. The second-order valence-electron chi connectivity index (χ2n) is 9.52. The fourth-order valence-electron chi connectivity index (χ4n) is 5.52. The summed E-state index contributed by atoms with van der Waals surface area (Å²) in [5.41, 5.74) is 2.45. The van der Waals surface area contributed by atoms with Gasteiger partial charge in [0.1, 0.15) is 11.5 Å². The first-order valence-electron chi connectivity index (χ1n) is 12.2. The Balaban J connectivity index is 1.43. The molecule has 2 unspecified atom stereocenters. The summed E-state index contributed by atoms with van der Waals surface area (Å²) in [7, 11) is 1.30. The monoisotopic (exact) mass is 479 g/mol. The maximum atomic E-state index is 14.8. The molecule has 1 fully saturated rings. The van der Waals surface area contributed by atoms with Gasteiger partial charge in [-0.2, -0.15) is 0 Å². The van der Waals surface area contributed by atoms with Crippen molar-refractivity contribution in [1.82, 2.24) is 14.7 Å². The first-order chi connectivity index (χ1) is 17.0. The molecule has 0 saturated heterocycles. The van der Waals surface area contributed by atoms with Gasteiger partial charge < -0.3 is 14.8 Å². The van der Waals surface area contributed by atoms with Crippen LogP contribution in [0.5, 0.6) is 5.75 Å². The standard InChI is InChI=1S/C27H30FN3O4/c1-16-24(31-13-7-12-21(25(31)29-16)35-15-17-8-4-3-5-9-17)26(32)30-23-19(27(33)34-2)14-18-10-6-11-20(28)22(18)23/h6-7,10-13,17,19,23H,3-5,8-9,14-15H2,1-2H3,(H,30,32). The fourth-order valence-corrected chi connectivity index (χ4v) is 5.52. The van der Waals surface area contributed by atoms with E-state index >= 15 is 0 Å². The van der Waals surface area contributed by atoms with Crippen LogP contribution in [0.2, 0.25) is 0 Å². The number of rotatable bonds is 6. The van der Waals surface area contributed by atoms with Gasteiger partial charge in [0, 0.05) is 11.8 Å². The molecule has 2 aromatic heterocycles. The van der Waals surface area contributed by atoms with Gasteiger partial charge >= 0.3 is 5.97 Å². The number of amides is 1. The largest absolute Gasteiger partial charge is 0.489 e. The number of imidazole rings is 1. The number of aryl methyl sites for hydroxylation is 1. The molecule has 0 bridgehead atoms. The third-order valence-corrected chi connectivity index (χ3v) is 7.29. The van der Waals surface area contributed by atoms with Gasteiger partial charge in [-0.25, -0.2) is 9.37 Å². The quantitative estimate of drug-likeness (QED) is 0.525. The number of aromatic nitrogens is 2. The Bertz CT molecular complexity index is 1260. The molecule has 8 heteroatoms. The van der Waals surface area contributed by atoms with Crippen LogP contribution in [-0.4, -0.2) is 35.0 Å². The number of ether oxygens (including phenoxy) is 2. The van der Waals surface area contributed by atoms with Crippen LogP contribution in [0.4, 0.5) is 4.39 Å². The van der Waals surface area contributed by atoms with Crippen LogP contribution < -0.4 is 10.1 Å². The summed E-state index contributed by atoms with van der Waals surface area (Å²) >= 11 is 0. The van der Waals surface area contributed by atoms with Gasteiger partial charge in [0.15, 0.2) is 11.4 Å². The number of pyridine rings is 1. The van der Waals surface area contributed by atoms with Gasteiger partial charge in [-0.15, -0.1) is 0 Å². The van der Waals surface area contributed by atoms with Crippen molar-refractivity contribution in [3.05, 3.63) is 64.9 Å². The maximum Gasteiger partial charge on any atom is 0.311 e. The SMILES string of the molecule is COC(=O)C1Cc2cccc(F)c2C1NC(=O)c1c(C)nc2c(OCC3CCCCC3)cccn12. The van der Waals surface area contributed by atoms with Crippen molar-refractivity contribution in [2.45, 2.75) is 51.5 Å². The Morgan fingerprint density at radius 2 is 1.97 bits per heavy atom. The van der Waals surface area contributed by atoms with Crippen molar-refractivity contribution in [2.24, 2.45) is 11.8 Å². The van der Waals surface area contributed by atoms with Crippen molar-refractivity contribution in [1.29, 1.82) is 0 Å². The highest BCUT2D eigenvalue weighted by atomic mass is 19.1. The predicted octanol–water partition coefficient (Wildman–Crippen LogP) is 4.56. The summed E-state index contributed by atoms with van der Waals surface area (Å²) in [4.78, 5) is 30.6. The first kappa shape index (κ1) is 23.3. The molecular formula is C27H30FN3O4. The Labute approximate surface area is 203 Å². The molecule has 1 saturated carbocycles. The predicted molar refractivity (Wildman–Crippen MR) is 128 cm³/mol. The zero-order chi connectivity index (χ0) is 24.5.